The van der Waals surface area contributed by atoms with Gasteiger partial charge in [0.05, 0.1) is 14.2 Å². The molecule has 0 spiro atoms. The average molecular weight is 349 g/mol. The third-order valence-corrected chi connectivity index (χ3v) is 4.01. The molecular formula is C17H23N3O3S. The molecule has 24 heavy (non-hydrogen) atoms. The maximum absolute atomic E-state index is 11.9. The highest BCUT2D eigenvalue weighted by Crippen LogP contribution is 2.23. The lowest BCUT2D eigenvalue weighted by Gasteiger charge is -2.15. The Morgan fingerprint density at radius 3 is 2.33 bits per heavy atom. The summed E-state index contributed by atoms with van der Waals surface area (Å²) in [6, 6.07) is 5.80. The van der Waals surface area contributed by atoms with Crippen LogP contribution in [-0.2, 0) is 4.79 Å². The SMILES string of the molecule is COc1cc(/C=C/C(=O)NNC(=S)NC2CCCC2)cc(OC)c1. The van der Waals surface area contributed by atoms with Gasteiger partial charge in [-0.05, 0) is 48.8 Å². The van der Waals surface area contributed by atoms with Gasteiger partial charge in [0.2, 0.25) is 0 Å². The van der Waals surface area contributed by atoms with Gasteiger partial charge in [-0.15, -0.1) is 0 Å². The van der Waals surface area contributed by atoms with E-state index in [-0.39, 0.29) is 5.91 Å². The molecule has 0 heterocycles. The molecule has 0 saturated heterocycles. The number of amides is 1. The first kappa shape index (κ1) is 18.1. The molecule has 0 radical (unpaired) electrons. The highest BCUT2D eigenvalue weighted by molar-refractivity contribution is 7.80. The number of thiocarbonyl (C=S) groups is 1. The molecule has 1 amide bonds. The Kier molecular flexibility index (Phi) is 6.87. The highest BCUT2D eigenvalue weighted by atomic mass is 32.1. The van der Waals surface area contributed by atoms with Gasteiger partial charge in [-0.25, -0.2) is 0 Å². The predicted molar refractivity (Wildman–Crippen MR) is 97.8 cm³/mol. The predicted octanol–water partition coefficient (Wildman–Crippen LogP) is 2.15. The van der Waals surface area contributed by atoms with E-state index in [9.17, 15) is 4.79 Å². The van der Waals surface area contributed by atoms with Crippen molar-refractivity contribution in [3.05, 3.63) is 29.8 Å². The zero-order valence-corrected chi connectivity index (χ0v) is 14.7. The van der Waals surface area contributed by atoms with Crippen molar-refractivity contribution >= 4 is 29.3 Å². The van der Waals surface area contributed by atoms with Gasteiger partial charge in [0.1, 0.15) is 11.5 Å². The molecule has 130 valence electrons. The number of methoxy groups -OCH3 is 2. The lowest BCUT2D eigenvalue weighted by atomic mass is 10.2. The molecule has 1 aromatic carbocycles. The summed E-state index contributed by atoms with van der Waals surface area (Å²) >= 11 is 5.16. The van der Waals surface area contributed by atoms with Crippen LogP contribution in [0.5, 0.6) is 11.5 Å². The molecule has 6 nitrogen and oxygen atoms in total. The van der Waals surface area contributed by atoms with Gasteiger partial charge in [0.15, 0.2) is 5.11 Å². The quantitative estimate of drug-likeness (QED) is 0.430. The lowest BCUT2D eigenvalue weighted by molar-refractivity contribution is -0.116. The van der Waals surface area contributed by atoms with E-state index in [0.29, 0.717) is 22.7 Å². The van der Waals surface area contributed by atoms with E-state index in [1.54, 1.807) is 26.4 Å². The molecule has 2 rings (SSSR count). The van der Waals surface area contributed by atoms with Crippen molar-refractivity contribution in [1.29, 1.82) is 0 Å². The summed E-state index contributed by atoms with van der Waals surface area (Å²) in [5.41, 5.74) is 6.05. The molecule has 0 unspecified atom stereocenters. The maximum atomic E-state index is 11.9. The molecule has 1 aromatic rings. The zero-order valence-electron chi connectivity index (χ0n) is 13.9. The third-order valence-electron chi connectivity index (χ3n) is 3.79. The van der Waals surface area contributed by atoms with Crippen LogP contribution in [0.3, 0.4) is 0 Å². The van der Waals surface area contributed by atoms with Crippen molar-refractivity contribution in [3.8, 4) is 11.5 Å². The molecule has 0 aliphatic heterocycles. The highest BCUT2D eigenvalue weighted by Gasteiger charge is 2.15. The molecule has 1 aliphatic rings. The van der Waals surface area contributed by atoms with Crippen LogP contribution in [-0.4, -0.2) is 31.3 Å². The fourth-order valence-corrected chi connectivity index (χ4v) is 2.77. The molecule has 7 heteroatoms. The molecule has 0 aromatic heterocycles. The van der Waals surface area contributed by atoms with Gasteiger partial charge in [0.25, 0.3) is 5.91 Å². The molecule has 1 fully saturated rings. The van der Waals surface area contributed by atoms with Crippen molar-refractivity contribution in [2.24, 2.45) is 0 Å². The van der Waals surface area contributed by atoms with Crippen LogP contribution < -0.4 is 25.6 Å². The van der Waals surface area contributed by atoms with E-state index in [4.69, 9.17) is 21.7 Å². The molecule has 1 saturated carbocycles. The fourth-order valence-electron chi connectivity index (χ4n) is 2.55. The van der Waals surface area contributed by atoms with Crippen LogP contribution in [0.25, 0.3) is 6.08 Å². The number of hydrogen-bond acceptors (Lipinski definition) is 4. The Bertz CT molecular complexity index is 591. The summed E-state index contributed by atoms with van der Waals surface area (Å²) in [6.45, 7) is 0. The first-order valence-corrected chi connectivity index (χ1v) is 8.29. The van der Waals surface area contributed by atoms with Crippen LogP contribution in [0.4, 0.5) is 0 Å². The number of carbonyl (C=O) groups excluding carboxylic acids is 1. The molecular weight excluding hydrogens is 326 g/mol. The first-order chi connectivity index (χ1) is 11.6. The summed E-state index contributed by atoms with van der Waals surface area (Å²) < 4.78 is 10.4. The minimum absolute atomic E-state index is 0.299. The summed E-state index contributed by atoms with van der Waals surface area (Å²) in [7, 11) is 3.16. The molecule has 0 atom stereocenters. The standard InChI is InChI=1S/C17H23N3O3S/c1-22-14-9-12(10-15(11-14)23-2)7-8-16(21)19-20-17(24)18-13-5-3-4-6-13/h7-11,13H,3-6H2,1-2H3,(H,19,21)(H2,18,20,24)/b8-7+. The van der Waals surface area contributed by atoms with Crippen molar-refractivity contribution in [1.82, 2.24) is 16.2 Å². The van der Waals surface area contributed by atoms with Crippen LogP contribution in [0.2, 0.25) is 0 Å². The monoisotopic (exact) mass is 349 g/mol. The van der Waals surface area contributed by atoms with E-state index < -0.39 is 0 Å². The Morgan fingerprint density at radius 2 is 1.75 bits per heavy atom. The first-order valence-electron chi connectivity index (χ1n) is 7.88. The summed E-state index contributed by atoms with van der Waals surface area (Å²) in [4.78, 5) is 11.9. The Hall–Kier alpha value is -2.28. The zero-order chi connectivity index (χ0) is 17.4. The van der Waals surface area contributed by atoms with Crippen LogP contribution in [0.1, 0.15) is 31.2 Å². The van der Waals surface area contributed by atoms with E-state index in [2.05, 4.69) is 16.2 Å². The van der Waals surface area contributed by atoms with E-state index in [1.165, 1.54) is 18.9 Å². The Morgan fingerprint density at radius 1 is 1.12 bits per heavy atom. The largest absolute Gasteiger partial charge is 0.497 e. The summed E-state index contributed by atoms with van der Waals surface area (Å²) in [6.07, 6.45) is 7.77. The molecule has 0 bridgehead atoms. The van der Waals surface area contributed by atoms with Gasteiger partial charge in [-0.3, -0.25) is 15.6 Å². The van der Waals surface area contributed by atoms with Crippen molar-refractivity contribution in [3.63, 3.8) is 0 Å². The fraction of sp³-hybridized carbons (Fsp3) is 0.412. The van der Waals surface area contributed by atoms with Crippen LogP contribution in [0, 0.1) is 0 Å². The Balaban J connectivity index is 1.82. The second-order valence-electron chi connectivity index (χ2n) is 5.55. The summed E-state index contributed by atoms with van der Waals surface area (Å²) in [5.74, 6) is 1.02. The van der Waals surface area contributed by atoms with Crippen LogP contribution in [0.15, 0.2) is 24.3 Å². The third kappa shape index (κ3) is 5.73. The minimum Gasteiger partial charge on any atom is -0.497 e. The number of rotatable bonds is 5. The van der Waals surface area contributed by atoms with Crippen molar-refractivity contribution in [2.75, 3.05) is 14.2 Å². The number of hydrazine groups is 1. The number of hydrogen-bond donors (Lipinski definition) is 3. The van der Waals surface area contributed by atoms with Gasteiger partial charge >= 0.3 is 0 Å². The van der Waals surface area contributed by atoms with Gasteiger partial charge in [0, 0.05) is 18.2 Å². The second kappa shape index (κ2) is 9.12. The molecule has 3 N–H and O–H groups in total. The Labute approximate surface area is 147 Å². The van der Waals surface area contributed by atoms with Gasteiger partial charge in [-0.1, -0.05) is 12.8 Å². The topological polar surface area (TPSA) is 71.6 Å². The van der Waals surface area contributed by atoms with E-state index in [0.717, 1.165) is 18.4 Å². The second-order valence-corrected chi connectivity index (χ2v) is 5.96. The van der Waals surface area contributed by atoms with Crippen LogP contribution >= 0.6 is 12.2 Å². The number of ether oxygens (including phenoxy) is 2. The normalized spacial score (nSPS) is 14.4. The molecule has 1 aliphatic carbocycles. The van der Waals surface area contributed by atoms with E-state index in [1.807, 2.05) is 12.1 Å². The van der Waals surface area contributed by atoms with Crippen molar-refractivity contribution in [2.45, 2.75) is 31.7 Å². The number of benzene rings is 1. The lowest BCUT2D eigenvalue weighted by Crippen LogP contribution is -2.48. The smallest absolute Gasteiger partial charge is 0.262 e. The van der Waals surface area contributed by atoms with Gasteiger partial charge < -0.3 is 14.8 Å². The minimum atomic E-state index is -0.299. The summed E-state index contributed by atoms with van der Waals surface area (Å²) in [5, 5.41) is 3.62. The number of carbonyl (C=O) groups is 1. The maximum Gasteiger partial charge on any atom is 0.262 e. The average Bonchev–Trinajstić information content (AvgIpc) is 3.10. The number of nitrogens with one attached hydrogen (secondary N) is 3. The van der Waals surface area contributed by atoms with Gasteiger partial charge in [-0.2, -0.15) is 0 Å². The van der Waals surface area contributed by atoms with E-state index >= 15 is 0 Å². The van der Waals surface area contributed by atoms with Crippen molar-refractivity contribution < 1.29 is 14.3 Å².